The normalized spacial score (nSPS) is 13.0. The van der Waals surface area contributed by atoms with Gasteiger partial charge in [0, 0.05) is 5.39 Å². The van der Waals surface area contributed by atoms with Gasteiger partial charge in [-0.2, -0.15) is 0 Å². The lowest BCUT2D eigenvalue weighted by atomic mass is 10.1. The molecule has 0 aromatic heterocycles. The van der Waals surface area contributed by atoms with Crippen molar-refractivity contribution in [3.8, 4) is 5.75 Å². The fourth-order valence-corrected chi connectivity index (χ4v) is 3.35. The van der Waals surface area contributed by atoms with E-state index in [-0.39, 0.29) is 12.7 Å². The SMILES string of the molecule is CCCCCCCCC(COP(=O)(O)O)Oc1cccc2ccccc12. The first-order chi connectivity index (χ1) is 12.5. The quantitative estimate of drug-likeness (QED) is 0.378. The lowest BCUT2D eigenvalue weighted by Gasteiger charge is -2.20. The Labute approximate surface area is 155 Å². The molecule has 0 fully saturated rings. The molecule has 0 spiro atoms. The first-order valence-corrected chi connectivity index (χ1v) is 10.9. The first-order valence-electron chi connectivity index (χ1n) is 9.34. The molecule has 0 aliphatic carbocycles. The van der Waals surface area contributed by atoms with Crippen LogP contribution < -0.4 is 4.74 Å². The highest BCUT2D eigenvalue weighted by Gasteiger charge is 2.20. The Hall–Kier alpha value is -1.39. The van der Waals surface area contributed by atoms with Crippen molar-refractivity contribution in [2.24, 2.45) is 0 Å². The molecule has 2 aromatic rings. The van der Waals surface area contributed by atoms with Crippen molar-refractivity contribution in [2.45, 2.75) is 58.0 Å². The van der Waals surface area contributed by atoms with Gasteiger partial charge in [0.1, 0.15) is 11.9 Å². The van der Waals surface area contributed by atoms with Gasteiger partial charge in [0.2, 0.25) is 0 Å². The molecule has 6 heteroatoms. The minimum Gasteiger partial charge on any atom is -0.487 e. The van der Waals surface area contributed by atoms with Gasteiger partial charge < -0.3 is 14.5 Å². The van der Waals surface area contributed by atoms with Crippen LogP contribution in [-0.4, -0.2) is 22.5 Å². The summed E-state index contributed by atoms with van der Waals surface area (Å²) in [6.07, 6.45) is 7.21. The number of ether oxygens (including phenoxy) is 1. The topological polar surface area (TPSA) is 76.0 Å². The van der Waals surface area contributed by atoms with E-state index in [0.29, 0.717) is 12.2 Å². The third-order valence-corrected chi connectivity index (χ3v) is 4.84. The average Bonchev–Trinajstić information content (AvgIpc) is 2.62. The monoisotopic (exact) mass is 380 g/mol. The van der Waals surface area contributed by atoms with E-state index in [1.54, 1.807) is 0 Å². The van der Waals surface area contributed by atoms with E-state index in [0.717, 1.165) is 23.6 Å². The molecular weight excluding hydrogens is 351 g/mol. The lowest BCUT2D eigenvalue weighted by Crippen LogP contribution is -2.22. The van der Waals surface area contributed by atoms with Crippen LogP contribution in [0.15, 0.2) is 42.5 Å². The van der Waals surface area contributed by atoms with Crippen LogP contribution in [0, 0.1) is 0 Å². The summed E-state index contributed by atoms with van der Waals surface area (Å²) in [6, 6.07) is 13.7. The van der Waals surface area contributed by atoms with Crippen LogP contribution in [0.3, 0.4) is 0 Å². The highest BCUT2D eigenvalue weighted by atomic mass is 31.2. The average molecular weight is 380 g/mol. The van der Waals surface area contributed by atoms with E-state index in [1.165, 1.54) is 25.7 Å². The zero-order valence-corrected chi connectivity index (χ0v) is 16.2. The van der Waals surface area contributed by atoms with Gasteiger partial charge in [-0.15, -0.1) is 0 Å². The molecule has 0 radical (unpaired) electrons. The number of rotatable bonds is 12. The number of hydrogen-bond donors (Lipinski definition) is 2. The Morgan fingerprint density at radius 1 is 0.962 bits per heavy atom. The Morgan fingerprint density at radius 3 is 2.42 bits per heavy atom. The highest BCUT2D eigenvalue weighted by molar-refractivity contribution is 7.46. The third-order valence-electron chi connectivity index (χ3n) is 4.35. The van der Waals surface area contributed by atoms with Gasteiger partial charge in [0.15, 0.2) is 0 Å². The van der Waals surface area contributed by atoms with Crippen LogP contribution in [0.5, 0.6) is 5.75 Å². The molecule has 1 unspecified atom stereocenters. The number of fused-ring (bicyclic) bond motifs is 1. The predicted octanol–water partition coefficient (Wildman–Crippen LogP) is 5.45. The summed E-state index contributed by atoms with van der Waals surface area (Å²) >= 11 is 0. The minimum absolute atomic E-state index is 0.123. The van der Waals surface area contributed by atoms with Gasteiger partial charge in [-0.1, -0.05) is 75.4 Å². The third kappa shape index (κ3) is 7.46. The maximum Gasteiger partial charge on any atom is 0.469 e. The number of phosphoric acid groups is 1. The van der Waals surface area contributed by atoms with Crippen molar-refractivity contribution in [3.63, 3.8) is 0 Å². The molecule has 0 heterocycles. The van der Waals surface area contributed by atoms with E-state index < -0.39 is 7.82 Å². The Balaban J connectivity index is 1.99. The van der Waals surface area contributed by atoms with Gasteiger partial charge in [0.05, 0.1) is 6.61 Å². The van der Waals surface area contributed by atoms with Crippen LogP contribution in [0.4, 0.5) is 0 Å². The molecule has 144 valence electrons. The summed E-state index contributed by atoms with van der Waals surface area (Å²) < 4.78 is 21.9. The second-order valence-corrected chi connectivity index (χ2v) is 7.80. The highest BCUT2D eigenvalue weighted by Crippen LogP contribution is 2.36. The molecule has 26 heavy (non-hydrogen) atoms. The minimum atomic E-state index is -4.51. The summed E-state index contributed by atoms with van der Waals surface area (Å²) in [5.41, 5.74) is 0. The molecule has 2 aromatic carbocycles. The zero-order chi connectivity index (χ0) is 18.8. The Kier molecular flexibility index (Phi) is 8.60. The molecule has 0 aliphatic heterocycles. The van der Waals surface area contributed by atoms with E-state index in [1.807, 2.05) is 42.5 Å². The first kappa shape index (κ1) is 20.9. The van der Waals surface area contributed by atoms with Crippen LogP contribution in [0.2, 0.25) is 0 Å². The maximum atomic E-state index is 11.1. The second kappa shape index (κ2) is 10.7. The van der Waals surface area contributed by atoms with Gasteiger partial charge >= 0.3 is 7.82 Å². The number of hydrogen-bond acceptors (Lipinski definition) is 3. The fraction of sp³-hybridized carbons (Fsp3) is 0.500. The van der Waals surface area contributed by atoms with E-state index in [4.69, 9.17) is 19.0 Å². The number of unbranched alkanes of at least 4 members (excludes halogenated alkanes) is 5. The smallest absolute Gasteiger partial charge is 0.469 e. The summed E-state index contributed by atoms with van der Waals surface area (Å²) in [4.78, 5) is 18.0. The maximum absolute atomic E-state index is 11.1. The zero-order valence-electron chi connectivity index (χ0n) is 15.3. The van der Waals surface area contributed by atoms with Crippen molar-refractivity contribution in [1.29, 1.82) is 0 Å². The molecule has 0 saturated carbocycles. The molecule has 5 nitrogen and oxygen atoms in total. The van der Waals surface area contributed by atoms with Crippen LogP contribution >= 0.6 is 7.82 Å². The van der Waals surface area contributed by atoms with Gasteiger partial charge in [-0.25, -0.2) is 4.57 Å². The standard InChI is InChI=1S/C20H29O5P/c1-2-3-4-5-6-7-13-18(16-24-26(21,22)23)25-20-15-10-12-17-11-8-9-14-19(17)20/h8-12,14-15,18H,2-7,13,16H2,1H3,(H2,21,22,23). The summed E-state index contributed by atoms with van der Waals surface area (Å²) in [7, 11) is -4.51. The summed E-state index contributed by atoms with van der Waals surface area (Å²) in [6.45, 7) is 2.07. The lowest BCUT2D eigenvalue weighted by molar-refractivity contribution is 0.0952. The van der Waals surface area contributed by atoms with E-state index in [2.05, 4.69) is 6.92 Å². The van der Waals surface area contributed by atoms with Gasteiger partial charge in [0.25, 0.3) is 0 Å². The molecule has 0 aliphatic rings. The van der Waals surface area contributed by atoms with Gasteiger partial charge in [-0.05, 0) is 24.3 Å². The van der Waals surface area contributed by atoms with Crippen molar-refractivity contribution in [2.75, 3.05) is 6.61 Å². The number of phosphoric ester groups is 1. The molecule has 0 saturated heterocycles. The van der Waals surface area contributed by atoms with E-state index >= 15 is 0 Å². The fourth-order valence-electron chi connectivity index (χ4n) is 2.99. The number of benzene rings is 2. The molecule has 2 N–H and O–H groups in total. The van der Waals surface area contributed by atoms with Crippen molar-refractivity contribution < 1.29 is 23.6 Å². The van der Waals surface area contributed by atoms with Gasteiger partial charge in [-0.3, -0.25) is 4.52 Å². The van der Waals surface area contributed by atoms with Crippen LogP contribution in [-0.2, 0) is 9.09 Å². The van der Waals surface area contributed by atoms with Crippen LogP contribution in [0.25, 0.3) is 10.8 Å². The van der Waals surface area contributed by atoms with Crippen LogP contribution in [0.1, 0.15) is 51.9 Å². The molecule has 0 amide bonds. The predicted molar refractivity (Wildman–Crippen MR) is 104 cm³/mol. The van der Waals surface area contributed by atoms with Crippen molar-refractivity contribution >= 4 is 18.6 Å². The summed E-state index contributed by atoms with van der Waals surface area (Å²) in [5, 5.41) is 2.05. The molecule has 0 bridgehead atoms. The molecular formula is C20H29O5P. The summed E-state index contributed by atoms with van der Waals surface area (Å²) in [5.74, 6) is 0.716. The molecule has 2 rings (SSSR count). The van der Waals surface area contributed by atoms with E-state index in [9.17, 15) is 4.57 Å². The molecule has 1 atom stereocenters. The largest absolute Gasteiger partial charge is 0.487 e. The Morgan fingerprint density at radius 2 is 1.65 bits per heavy atom. The Bertz CT molecular complexity index is 707. The second-order valence-electron chi connectivity index (χ2n) is 6.56. The van der Waals surface area contributed by atoms with Crippen molar-refractivity contribution in [3.05, 3.63) is 42.5 Å². The van der Waals surface area contributed by atoms with Crippen molar-refractivity contribution in [1.82, 2.24) is 0 Å².